The molecule has 0 atom stereocenters. The molecule has 1 N–H and O–H groups in total. The van der Waals surface area contributed by atoms with Crippen molar-refractivity contribution in [3.05, 3.63) is 33.9 Å². The van der Waals surface area contributed by atoms with Crippen molar-refractivity contribution in [3.8, 4) is 0 Å². The molecular weight excluding hydrogens is 330 g/mol. The van der Waals surface area contributed by atoms with Gasteiger partial charge in [0.25, 0.3) is 11.6 Å². The van der Waals surface area contributed by atoms with Crippen LogP contribution in [0.4, 0.5) is 5.69 Å². The molecule has 1 amide bonds. The van der Waals surface area contributed by atoms with Crippen LogP contribution in [0.15, 0.2) is 23.1 Å². The van der Waals surface area contributed by atoms with Crippen LogP contribution in [0.3, 0.4) is 0 Å². The Bertz CT molecular complexity index is 576. The smallest absolute Gasteiger partial charge is 0.282 e. The molecule has 0 radical (unpaired) electrons. The number of nitrogens with one attached hydrogen (secondary N) is 1. The Balaban J connectivity index is 1.80. The number of hydrogen-bond acceptors (Lipinski definition) is 6. The molecule has 24 heavy (non-hydrogen) atoms. The minimum atomic E-state index is -0.516. The Morgan fingerprint density at radius 3 is 2.79 bits per heavy atom. The van der Waals surface area contributed by atoms with Crippen LogP contribution in [0, 0.1) is 10.1 Å². The van der Waals surface area contributed by atoms with E-state index in [0.29, 0.717) is 6.54 Å². The van der Waals surface area contributed by atoms with Gasteiger partial charge in [-0.05, 0) is 37.8 Å². The molecule has 8 heteroatoms. The Kier molecular flexibility index (Phi) is 7.48. The van der Waals surface area contributed by atoms with E-state index in [1.807, 2.05) is 6.26 Å². The first-order valence-corrected chi connectivity index (χ1v) is 9.25. The van der Waals surface area contributed by atoms with E-state index in [1.54, 1.807) is 12.1 Å². The van der Waals surface area contributed by atoms with Gasteiger partial charge < -0.3 is 10.1 Å². The van der Waals surface area contributed by atoms with E-state index in [2.05, 4.69) is 10.2 Å². The fourth-order valence-electron chi connectivity index (χ4n) is 2.57. The van der Waals surface area contributed by atoms with Gasteiger partial charge in [-0.3, -0.25) is 19.8 Å². The summed E-state index contributed by atoms with van der Waals surface area (Å²) in [7, 11) is 0. The molecule has 1 aliphatic heterocycles. The summed E-state index contributed by atoms with van der Waals surface area (Å²) in [4.78, 5) is 26.0. The fraction of sp³-hybridized carbons (Fsp3) is 0.562. The molecule has 132 valence electrons. The van der Waals surface area contributed by atoms with Gasteiger partial charge in [0, 0.05) is 30.6 Å². The SMILES string of the molecule is CSc1ccc([N+](=O)[O-])c(C(=O)NCCCCN2CCOCC2)c1. The number of carbonyl (C=O) groups is 1. The maximum absolute atomic E-state index is 12.3. The first-order valence-electron chi connectivity index (χ1n) is 8.02. The zero-order chi connectivity index (χ0) is 17.4. The van der Waals surface area contributed by atoms with E-state index in [0.717, 1.165) is 50.6 Å². The third-order valence-electron chi connectivity index (χ3n) is 3.94. The number of carbonyl (C=O) groups excluding carboxylic acids is 1. The highest BCUT2D eigenvalue weighted by atomic mass is 32.2. The number of unbranched alkanes of at least 4 members (excludes halogenated alkanes) is 1. The van der Waals surface area contributed by atoms with Crippen LogP contribution < -0.4 is 5.32 Å². The van der Waals surface area contributed by atoms with E-state index in [1.165, 1.54) is 17.8 Å². The number of thioether (sulfide) groups is 1. The lowest BCUT2D eigenvalue weighted by atomic mass is 10.1. The number of amides is 1. The predicted molar refractivity (Wildman–Crippen MR) is 93.7 cm³/mol. The average Bonchev–Trinajstić information content (AvgIpc) is 2.61. The topological polar surface area (TPSA) is 84.7 Å². The zero-order valence-corrected chi connectivity index (χ0v) is 14.6. The van der Waals surface area contributed by atoms with E-state index in [4.69, 9.17) is 4.74 Å². The number of ether oxygens (including phenoxy) is 1. The van der Waals surface area contributed by atoms with Crippen molar-refractivity contribution in [1.29, 1.82) is 0 Å². The molecular formula is C16H23N3O4S. The van der Waals surface area contributed by atoms with Crippen LogP contribution in [0.2, 0.25) is 0 Å². The van der Waals surface area contributed by atoms with E-state index in [-0.39, 0.29) is 17.2 Å². The molecule has 1 saturated heterocycles. The summed E-state index contributed by atoms with van der Waals surface area (Å²) in [5, 5.41) is 13.9. The Labute approximate surface area is 145 Å². The van der Waals surface area contributed by atoms with Crippen molar-refractivity contribution in [3.63, 3.8) is 0 Å². The van der Waals surface area contributed by atoms with Gasteiger partial charge in [0.05, 0.1) is 18.1 Å². The molecule has 0 spiro atoms. The lowest BCUT2D eigenvalue weighted by molar-refractivity contribution is -0.385. The standard InChI is InChI=1S/C16H23N3O4S/c1-24-13-4-5-15(19(21)22)14(12-13)16(20)17-6-2-3-7-18-8-10-23-11-9-18/h4-5,12H,2-3,6-11H2,1H3,(H,17,20). The third kappa shape index (κ3) is 5.47. The molecule has 1 heterocycles. The van der Waals surface area contributed by atoms with Crippen LogP contribution in [-0.2, 0) is 4.74 Å². The van der Waals surface area contributed by atoms with Gasteiger partial charge in [0.1, 0.15) is 5.56 Å². The van der Waals surface area contributed by atoms with E-state index in [9.17, 15) is 14.9 Å². The van der Waals surface area contributed by atoms with Crippen molar-refractivity contribution in [2.24, 2.45) is 0 Å². The van der Waals surface area contributed by atoms with Gasteiger partial charge >= 0.3 is 0 Å². The van der Waals surface area contributed by atoms with Crippen LogP contribution in [0.25, 0.3) is 0 Å². The van der Waals surface area contributed by atoms with Gasteiger partial charge in [-0.15, -0.1) is 11.8 Å². The highest BCUT2D eigenvalue weighted by Gasteiger charge is 2.20. The minimum absolute atomic E-state index is 0.125. The van der Waals surface area contributed by atoms with Crippen LogP contribution in [-0.4, -0.2) is 61.4 Å². The van der Waals surface area contributed by atoms with Crippen LogP contribution >= 0.6 is 11.8 Å². The first kappa shape index (κ1) is 18.7. The fourth-order valence-corrected chi connectivity index (χ4v) is 3.01. The molecule has 7 nitrogen and oxygen atoms in total. The van der Waals surface area contributed by atoms with Gasteiger partial charge in [0.15, 0.2) is 0 Å². The molecule has 0 aromatic heterocycles. The van der Waals surface area contributed by atoms with Crippen LogP contribution in [0.1, 0.15) is 23.2 Å². The number of nitro groups is 1. The average molecular weight is 353 g/mol. The highest BCUT2D eigenvalue weighted by molar-refractivity contribution is 7.98. The summed E-state index contributed by atoms with van der Waals surface area (Å²) in [6.45, 7) is 4.99. The number of hydrogen-bond donors (Lipinski definition) is 1. The molecule has 0 unspecified atom stereocenters. The molecule has 1 aliphatic rings. The second-order valence-corrected chi connectivity index (χ2v) is 6.44. The molecule has 0 aliphatic carbocycles. The van der Waals surface area contributed by atoms with Crippen molar-refractivity contribution in [1.82, 2.24) is 10.2 Å². The summed E-state index contributed by atoms with van der Waals surface area (Å²) in [6.07, 6.45) is 3.70. The van der Waals surface area contributed by atoms with Gasteiger partial charge in [-0.25, -0.2) is 0 Å². The van der Waals surface area contributed by atoms with E-state index >= 15 is 0 Å². The molecule has 1 aromatic carbocycles. The third-order valence-corrected chi connectivity index (χ3v) is 4.66. The van der Waals surface area contributed by atoms with E-state index < -0.39 is 4.92 Å². The Morgan fingerprint density at radius 1 is 1.38 bits per heavy atom. The van der Waals surface area contributed by atoms with Gasteiger partial charge in [-0.1, -0.05) is 0 Å². The summed E-state index contributed by atoms with van der Waals surface area (Å²) >= 11 is 1.45. The number of rotatable bonds is 8. The van der Waals surface area contributed by atoms with Gasteiger partial charge in [0.2, 0.25) is 0 Å². The molecule has 1 fully saturated rings. The first-order chi connectivity index (χ1) is 11.6. The van der Waals surface area contributed by atoms with Gasteiger partial charge in [-0.2, -0.15) is 0 Å². The monoisotopic (exact) mass is 353 g/mol. The zero-order valence-electron chi connectivity index (χ0n) is 13.8. The molecule has 2 rings (SSSR count). The second-order valence-electron chi connectivity index (χ2n) is 5.56. The summed E-state index contributed by atoms with van der Waals surface area (Å²) in [6, 6.07) is 4.62. The predicted octanol–water partition coefficient (Wildman–Crippen LogP) is 2.16. The van der Waals surface area contributed by atoms with Crippen LogP contribution in [0.5, 0.6) is 0 Å². The highest BCUT2D eigenvalue weighted by Crippen LogP contribution is 2.24. The molecule has 1 aromatic rings. The Hall–Kier alpha value is -1.64. The summed E-state index contributed by atoms with van der Waals surface area (Å²) in [5.41, 5.74) is -0.0290. The number of nitro benzene ring substituents is 1. The lowest BCUT2D eigenvalue weighted by Crippen LogP contribution is -2.37. The maximum atomic E-state index is 12.3. The lowest BCUT2D eigenvalue weighted by Gasteiger charge is -2.26. The maximum Gasteiger partial charge on any atom is 0.282 e. The number of morpholine rings is 1. The van der Waals surface area contributed by atoms with Crippen molar-refractivity contribution < 1.29 is 14.5 Å². The van der Waals surface area contributed by atoms with Crippen molar-refractivity contribution in [2.45, 2.75) is 17.7 Å². The second kappa shape index (κ2) is 9.61. The number of benzene rings is 1. The van der Waals surface area contributed by atoms with Crippen molar-refractivity contribution >= 4 is 23.4 Å². The van der Waals surface area contributed by atoms with Crippen molar-refractivity contribution in [2.75, 3.05) is 45.6 Å². The Morgan fingerprint density at radius 2 is 2.12 bits per heavy atom. The normalized spacial score (nSPS) is 15.2. The minimum Gasteiger partial charge on any atom is -0.379 e. The quantitative estimate of drug-likeness (QED) is 0.334. The summed E-state index contributed by atoms with van der Waals surface area (Å²) < 4.78 is 5.30. The largest absolute Gasteiger partial charge is 0.379 e. The summed E-state index contributed by atoms with van der Waals surface area (Å²) in [5.74, 6) is -0.385. The molecule has 0 saturated carbocycles. The molecule has 0 bridgehead atoms. The number of nitrogens with zero attached hydrogens (tertiary/aromatic N) is 2.